The molecule has 0 saturated carbocycles. The molecule has 9 heteroatoms. The highest BCUT2D eigenvalue weighted by Gasteiger charge is 2.31. The van der Waals surface area contributed by atoms with E-state index in [9.17, 15) is 19.8 Å². The molecule has 2 aliphatic heterocycles. The van der Waals surface area contributed by atoms with E-state index in [-0.39, 0.29) is 31.0 Å². The van der Waals surface area contributed by atoms with Crippen LogP contribution in [-0.4, -0.2) is 109 Å². The second-order valence-corrected chi connectivity index (χ2v) is 9.37. The second-order valence-electron chi connectivity index (χ2n) is 9.37. The van der Waals surface area contributed by atoms with Crippen LogP contribution >= 0.6 is 0 Å². The van der Waals surface area contributed by atoms with Crippen LogP contribution in [0, 0.1) is 5.92 Å². The van der Waals surface area contributed by atoms with Gasteiger partial charge in [-0.1, -0.05) is 13.8 Å². The first-order valence-corrected chi connectivity index (χ1v) is 12.1. The first-order chi connectivity index (χ1) is 15.3. The highest BCUT2D eigenvalue weighted by Crippen LogP contribution is 2.14. The lowest BCUT2D eigenvalue weighted by atomic mass is 10.1. The SMILES string of the molecule is CC(=O)N1CCN(C(=O)[C@H]2CCCN2)CCCCOC[C@@H](O)[C@@H](O)[C@H](OCCC(C)C)C1. The van der Waals surface area contributed by atoms with Crippen molar-refractivity contribution in [3.05, 3.63) is 0 Å². The van der Waals surface area contributed by atoms with Gasteiger partial charge in [-0.25, -0.2) is 0 Å². The van der Waals surface area contributed by atoms with Crippen molar-refractivity contribution in [2.24, 2.45) is 5.92 Å². The van der Waals surface area contributed by atoms with Gasteiger partial charge in [0.15, 0.2) is 0 Å². The molecule has 0 spiro atoms. The number of aliphatic hydroxyl groups excluding tert-OH is 2. The predicted molar refractivity (Wildman–Crippen MR) is 121 cm³/mol. The number of hydrogen-bond donors (Lipinski definition) is 3. The fourth-order valence-corrected chi connectivity index (χ4v) is 4.06. The number of nitrogens with one attached hydrogen (secondary N) is 1. The smallest absolute Gasteiger partial charge is 0.239 e. The molecule has 2 fully saturated rings. The monoisotopic (exact) mass is 457 g/mol. The van der Waals surface area contributed by atoms with E-state index >= 15 is 0 Å². The topological polar surface area (TPSA) is 112 Å². The van der Waals surface area contributed by atoms with Crippen molar-refractivity contribution >= 4 is 11.8 Å². The molecule has 0 bridgehead atoms. The van der Waals surface area contributed by atoms with Crippen molar-refractivity contribution in [2.45, 2.75) is 77.2 Å². The normalized spacial score (nSPS) is 29.2. The van der Waals surface area contributed by atoms with Crippen LogP contribution in [-0.2, 0) is 19.1 Å². The van der Waals surface area contributed by atoms with Gasteiger partial charge in [0.1, 0.15) is 18.3 Å². The van der Waals surface area contributed by atoms with Crippen LogP contribution in [0.15, 0.2) is 0 Å². The molecule has 0 aromatic heterocycles. The molecule has 2 amide bonds. The summed E-state index contributed by atoms with van der Waals surface area (Å²) in [5.41, 5.74) is 0. The Balaban J connectivity index is 2.11. The van der Waals surface area contributed by atoms with Crippen molar-refractivity contribution in [3.63, 3.8) is 0 Å². The molecular weight excluding hydrogens is 414 g/mol. The van der Waals surface area contributed by atoms with Crippen LogP contribution in [0.4, 0.5) is 0 Å². The Kier molecular flexibility index (Phi) is 11.9. The highest BCUT2D eigenvalue weighted by atomic mass is 16.5. The predicted octanol–water partition coefficient (Wildman–Crippen LogP) is 0.379. The lowest BCUT2D eigenvalue weighted by Crippen LogP contribution is -2.51. The van der Waals surface area contributed by atoms with Gasteiger partial charge in [-0.2, -0.15) is 0 Å². The second kappa shape index (κ2) is 14.1. The quantitative estimate of drug-likeness (QED) is 0.547. The molecule has 186 valence electrons. The van der Waals surface area contributed by atoms with Crippen molar-refractivity contribution in [3.8, 4) is 0 Å². The van der Waals surface area contributed by atoms with E-state index in [2.05, 4.69) is 19.2 Å². The maximum atomic E-state index is 13.0. The van der Waals surface area contributed by atoms with Gasteiger partial charge in [-0.05, 0) is 44.6 Å². The molecule has 32 heavy (non-hydrogen) atoms. The Labute approximate surface area is 192 Å². The van der Waals surface area contributed by atoms with Crippen LogP contribution in [0.25, 0.3) is 0 Å². The van der Waals surface area contributed by atoms with Gasteiger partial charge in [-0.15, -0.1) is 0 Å². The van der Waals surface area contributed by atoms with E-state index in [1.165, 1.54) is 6.92 Å². The van der Waals surface area contributed by atoms with Crippen LogP contribution in [0.5, 0.6) is 0 Å². The molecule has 0 unspecified atom stereocenters. The summed E-state index contributed by atoms with van der Waals surface area (Å²) < 4.78 is 11.5. The number of aliphatic hydroxyl groups is 2. The minimum Gasteiger partial charge on any atom is -0.388 e. The van der Waals surface area contributed by atoms with Crippen molar-refractivity contribution in [1.29, 1.82) is 0 Å². The number of amides is 2. The summed E-state index contributed by atoms with van der Waals surface area (Å²) >= 11 is 0. The Bertz CT molecular complexity index is 570. The standard InChI is InChI=1S/C23H43N3O6/c1-17(2)8-14-32-21-15-26(18(3)27)12-11-25(23(30)19-7-6-9-24-19)10-4-5-13-31-16-20(28)22(21)29/h17,19-22,24,28-29H,4-16H2,1-3H3/t19-,20-,21-,22-/m1/s1. The first-order valence-electron chi connectivity index (χ1n) is 12.1. The third-order valence-electron chi connectivity index (χ3n) is 6.21. The van der Waals surface area contributed by atoms with Gasteiger partial charge in [0.05, 0.1) is 12.6 Å². The van der Waals surface area contributed by atoms with Crippen molar-refractivity contribution in [2.75, 3.05) is 52.5 Å². The zero-order valence-electron chi connectivity index (χ0n) is 20.0. The Morgan fingerprint density at radius 3 is 2.53 bits per heavy atom. The third-order valence-corrected chi connectivity index (χ3v) is 6.21. The van der Waals surface area contributed by atoms with Gasteiger partial charge < -0.3 is 34.8 Å². The number of nitrogens with zero attached hydrogens (tertiary/aromatic N) is 2. The van der Waals surface area contributed by atoms with Crippen LogP contribution in [0.3, 0.4) is 0 Å². The van der Waals surface area contributed by atoms with Crippen LogP contribution < -0.4 is 5.32 Å². The van der Waals surface area contributed by atoms with E-state index in [0.29, 0.717) is 38.8 Å². The first kappa shape index (κ1) is 27.0. The molecule has 9 nitrogen and oxygen atoms in total. The summed E-state index contributed by atoms with van der Waals surface area (Å²) in [6.45, 7) is 8.92. The average molecular weight is 458 g/mol. The summed E-state index contributed by atoms with van der Waals surface area (Å²) in [5, 5.41) is 24.4. The van der Waals surface area contributed by atoms with Gasteiger partial charge in [0.25, 0.3) is 0 Å². The Hall–Kier alpha value is -1.26. The molecule has 2 rings (SSSR count). The van der Waals surface area contributed by atoms with E-state index in [4.69, 9.17) is 9.47 Å². The van der Waals surface area contributed by atoms with Gasteiger partial charge >= 0.3 is 0 Å². The van der Waals surface area contributed by atoms with E-state index in [0.717, 1.165) is 38.6 Å². The minimum absolute atomic E-state index is 0.0000818. The summed E-state index contributed by atoms with van der Waals surface area (Å²) in [6, 6.07) is -0.153. The van der Waals surface area contributed by atoms with E-state index in [1.54, 1.807) is 4.90 Å². The number of carbonyl (C=O) groups is 2. The largest absolute Gasteiger partial charge is 0.388 e. The molecule has 4 atom stereocenters. The van der Waals surface area contributed by atoms with Crippen molar-refractivity contribution in [1.82, 2.24) is 15.1 Å². The molecule has 0 aromatic rings. The molecule has 2 heterocycles. The molecule has 2 aliphatic rings. The fourth-order valence-electron chi connectivity index (χ4n) is 4.06. The van der Waals surface area contributed by atoms with Crippen molar-refractivity contribution < 1.29 is 29.3 Å². The van der Waals surface area contributed by atoms with E-state index < -0.39 is 18.3 Å². The maximum Gasteiger partial charge on any atom is 0.239 e. The van der Waals surface area contributed by atoms with E-state index in [1.807, 2.05) is 4.90 Å². The summed E-state index contributed by atoms with van der Waals surface area (Å²) in [6.07, 6.45) is 1.16. The lowest BCUT2D eigenvalue weighted by Gasteiger charge is -2.34. The fraction of sp³-hybridized carbons (Fsp3) is 0.913. The zero-order valence-corrected chi connectivity index (χ0v) is 20.0. The average Bonchev–Trinajstić information content (AvgIpc) is 3.28. The van der Waals surface area contributed by atoms with Gasteiger partial charge in [0.2, 0.25) is 11.8 Å². The number of hydrogen-bond acceptors (Lipinski definition) is 7. The van der Waals surface area contributed by atoms with Crippen LogP contribution in [0.2, 0.25) is 0 Å². The maximum absolute atomic E-state index is 13.0. The Morgan fingerprint density at radius 2 is 1.88 bits per heavy atom. The molecular formula is C23H43N3O6. The van der Waals surface area contributed by atoms with Crippen LogP contribution in [0.1, 0.15) is 52.9 Å². The Morgan fingerprint density at radius 1 is 1.12 bits per heavy atom. The summed E-state index contributed by atoms with van der Waals surface area (Å²) in [5.74, 6) is 0.365. The lowest BCUT2D eigenvalue weighted by molar-refractivity contribution is -0.142. The molecule has 2 saturated heterocycles. The zero-order chi connectivity index (χ0) is 23.5. The third kappa shape index (κ3) is 8.94. The van der Waals surface area contributed by atoms with Gasteiger partial charge in [0, 0.05) is 46.3 Å². The minimum atomic E-state index is -1.17. The molecule has 0 aliphatic carbocycles. The number of carbonyl (C=O) groups excluding carboxylic acids is 2. The van der Waals surface area contributed by atoms with Gasteiger partial charge in [-0.3, -0.25) is 9.59 Å². The highest BCUT2D eigenvalue weighted by molar-refractivity contribution is 5.82. The summed E-state index contributed by atoms with van der Waals surface area (Å²) in [7, 11) is 0. The molecule has 0 aromatic carbocycles. The number of ether oxygens (including phenoxy) is 2. The molecule has 3 N–H and O–H groups in total. The number of rotatable bonds is 5. The summed E-state index contributed by atoms with van der Waals surface area (Å²) in [4.78, 5) is 28.8. The molecule has 0 radical (unpaired) electrons.